The molecule has 16 heavy (non-hydrogen) atoms. The highest BCUT2D eigenvalue weighted by atomic mass is 79.9. The number of nitrogen functional groups attached to an aromatic ring is 1. The minimum absolute atomic E-state index is 0.202. The van der Waals surface area contributed by atoms with Gasteiger partial charge in [-0.05, 0) is 52.3 Å². The van der Waals surface area contributed by atoms with Crippen molar-refractivity contribution < 1.29 is 4.43 Å². The van der Waals surface area contributed by atoms with Crippen LogP contribution in [0.3, 0.4) is 0 Å². The quantitative estimate of drug-likeness (QED) is 0.648. The van der Waals surface area contributed by atoms with Gasteiger partial charge in [0.25, 0.3) is 8.32 Å². The minimum Gasteiger partial charge on any atom is -0.543 e. The zero-order valence-electron chi connectivity index (χ0n) is 10.6. The van der Waals surface area contributed by atoms with E-state index in [-0.39, 0.29) is 5.04 Å². The van der Waals surface area contributed by atoms with Crippen LogP contribution in [-0.2, 0) is 0 Å². The van der Waals surface area contributed by atoms with Crippen molar-refractivity contribution in [1.29, 1.82) is 0 Å². The van der Waals surface area contributed by atoms with E-state index < -0.39 is 8.32 Å². The molecule has 0 fully saturated rings. The van der Waals surface area contributed by atoms with Crippen molar-refractivity contribution in [2.24, 2.45) is 0 Å². The fraction of sp³-hybridized carbons (Fsp3) is 0.500. The smallest absolute Gasteiger partial charge is 0.250 e. The predicted octanol–water partition coefficient (Wildman–Crippen LogP) is 4.42. The van der Waals surface area contributed by atoms with Gasteiger partial charge >= 0.3 is 0 Å². The number of benzene rings is 1. The van der Waals surface area contributed by atoms with Crippen LogP contribution in [0.5, 0.6) is 5.75 Å². The topological polar surface area (TPSA) is 35.2 Å². The maximum Gasteiger partial charge on any atom is 0.250 e. The van der Waals surface area contributed by atoms with E-state index in [9.17, 15) is 0 Å². The third-order valence-electron chi connectivity index (χ3n) is 3.13. The number of nitrogens with two attached hydrogens (primary N) is 1. The van der Waals surface area contributed by atoms with E-state index in [1.165, 1.54) is 0 Å². The largest absolute Gasteiger partial charge is 0.543 e. The normalized spacial score (nSPS) is 12.6. The molecule has 2 nitrogen and oxygen atoms in total. The van der Waals surface area contributed by atoms with Crippen molar-refractivity contribution >= 4 is 29.9 Å². The molecule has 2 N–H and O–H groups in total. The van der Waals surface area contributed by atoms with Gasteiger partial charge in [0.1, 0.15) is 5.75 Å². The Balaban J connectivity index is 2.97. The summed E-state index contributed by atoms with van der Waals surface area (Å²) in [5.41, 5.74) is 6.45. The van der Waals surface area contributed by atoms with Gasteiger partial charge in [-0.3, -0.25) is 0 Å². The van der Waals surface area contributed by atoms with Crippen LogP contribution in [0, 0.1) is 0 Å². The van der Waals surface area contributed by atoms with Crippen LogP contribution >= 0.6 is 15.9 Å². The van der Waals surface area contributed by atoms with E-state index in [0.717, 1.165) is 15.9 Å². The lowest BCUT2D eigenvalue weighted by Gasteiger charge is -2.36. The Labute approximate surface area is 107 Å². The predicted molar refractivity (Wildman–Crippen MR) is 76.4 cm³/mol. The standard InChI is InChI=1S/C12H20BrNOSi/c1-12(2,3)16(4,5)15-11-7-6-9(14)8-10(11)13/h6-8H,14H2,1-5H3. The van der Waals surface area contributed by atoms with E-state index in [0.29, 0.717) is 0 Å². The third-order valence-corrected chi connectivity index (χ3v) is 8.09. The monoisotopic (exact) mass is 301 g/mol. The molecule has 1 rings (SSSR count). The molecule has 0 aliphatic rings. The molecule has 0 saturated carbocycles. The van der Waals surface area contributed by atoms with Crippen molar-refractivity contribution in [3.63, 3.8) is 0 Å². The summed E-state index contributed by atoms with van der Waals surface area (Å²) in [7, 11) is -1.77. The summed E-state index contributed by atoms with van der Waals surface area (Å²) in [6.07, 6.45) is 0. The van der Waals surface area contributed by atoms with Gasteiger partial charge in [0.15, 0.2) is 0 Å². The van der Waals surface area contributed by atoms with E-state index in [1.807, 2.05) is 18.2 Å². The molecule has 1 aromatic carbocycles. The molecule has 0 amide bonds. The third kappa shape index (κ3) is 3.01. The van der Waals surface area contributed by atoms with Crippen molar-refractivity contribution in [1.82, 2.24) is 0 Å². The molecule has 0 aromatic heterocycles. The molecular formula is C12H20BrNOSi. The summed E-state index contributed by atoms with van der Waals surface area (Å²) in [5, 5.41) is 0.202. The Kier molecular flexibility index (Phi) is 3.75. The molecule has 0 unspecified atom stereocenters. The van der Waals surface area contributed by atoms with E-state index in [4.69, 9.17) is 10.2 Å². The number of anilines is 1. The molecule has 0 spiro atoms. The van der Waals surface area contributed by atoms with Crippen LogP contribution in [0.25, 0.3) is 0 Å². The lowest BCUT2D eigenvalue weighted by atomic mass is 10.2. The van der Waals surface area contributed by atoms with Crippen molar-refractivity contribution in [3.05, 3.63) is 22.7 Å². The first-order valence-corrected chi connectivity index (χ1v) is 9.08. The second-order valence-electron chi connectivity index (χ2n) is 5.55. The summed E-state index contributed by atoms with van der Waals surface area (Å²) >= 11 is 3.48. The molecule has 0 aliphatic carbocycles. The van der Waals surface area contributed by atoms with Gasteiger partial charge in [-0.25, -0.2) is 0 Å². The van der Waals surface area contributed by atoms with Gasteiger partial charge < -0.3 is 10.2 Å². The molecular weight excluding hydrogens is 282 g/mol. The molecule has 0 saturated heterocycles. The summed E-state index contributed by atoms with van der Waals surface area (Å²) in [6.45, 7) is 11.1. The fourth-order valence-electron chi connectivity index (χ4n) is 1.03. The number of halogens is 1. The van der Waals surface area contributed by atoms with Gasteiger partial charge in [-0.2, -0.15) is 0 Å². The zero-order chi connectivity index (χ0) is 12.6. The Hall–Kier alpha value is -0.483. The van der Waals surface area contributed by atoms with Crippen LogP contribution in [0.4, 0.5) is 5.69 Å². The molecule has 0 aliphatic heterocycles. The number of rotatable bonds is 2. The van der Waals surface area contributed by atoms with E-state index in [2.05, 4.69) is 49.8 Å². The Morgan fingerprint density at radius 2 is 1.81 bits per heavy atom. The first-order valence-electron chi connectivity index (χ1n) is 5.37. The lowest BCUT2D eigenvalue weighted by Crippen LogP contribution is -2.43. The highest BCUT2D eigenvalue weighted by Crippen LogP contribution is 2.39. The lowest BCUT2D eigenvalue weighted by molar-refractivity contribution is 0.490. The zero-order valence-corrected chi connectivity index (χ0v) is 13.2. The summed E-state index contributed by atoms with van der Waals surface area (Å²) in [6, 6.07) is 5.68. The Morgan fingerprint density at radius 3 is 2.25 bits per heavy atom. The molecule has 1 aromatic rings. The Bertz CT molecular complexity index is 385. The first-order chi connectivity index (χ1) is 7.13. The number of hydrogen-bond donors (Lipinski definition) is 1. The van der Waals surface area contributed by atoms with E-state index in [1.54, 1.807) is 0 Å². The van der Waals surface area contributed by atoms with Crippen LogP contribution in [-0.4, -0.2) is 8.32 Å². The molecule has 0 radical (unpaired) electrons. The second-order valence-corrected chi connectivity index (χ2v) is 11.1. The highest BCUT2D eigenvalue weighted by Gasteiger charge is 2.39. The summed E-state index contributed by atoms with van der Waals surface area (Å²) in [5.74, 6) is 0.890. The highest BCUT2D eigenvalue weighted by molar-refractivity contribution is 9.10. The SMILES string of the molecule is CC(C)(C)[Si](C)(C)Oc1ccc(N)cc1Br. The average Bonchev–Trinajstić information content (AvgIpc) is 2.08. The van der Waals surface area contributed by atoms with Crippen LogP contribution in [0.15, 0.2) is 22.7 Å². The van der Waals surface area contributed by atoms with Crippen molar-refractivity contribution in [2.75, 3.05) is 5.73 Å². The second kappa shape index (κ2) is 4.41. The molecule has 0 heterocycles. The minimum atomic E-state index is -1.77. The average molecular weight is 302 g/mol. The first kappa shape index (κ1) is 13.6. The Morgan fingerprint density at radius 1 is 1.25 bits per heavy atom. The van der Waals surface area contributed by atoms with Gasteiger partial charge in [0.05, 0.1) is 4.47 Å². The maximum atomic E-state index is 6.19. The van der Waals surface area contributed by atoms with Gasteiger partial charge in [0, 0.05) is 5.69 Å². The molecule has 4 heteroatoms. The van der Waals surface area contributed by atoms with Crippen LogP contribution in [0.2, 0.25) is 18.1 Å². The van der Waals surface area contributed by atoms with E-state index >= 15 is 0 Å². The van der Waals surface area contributed by atoms with Gasteiger partial charge in [-0.1, -0.05) is 20.8 Å². The molecule has 0 bridgehead atoms. The van der Waals surface area contributed by atoms with Gasteiger partial charge in [-0.15, -0.1) is 0 Å². The maximum absolute atomic E-state index is 6.19. The van der Waals surface area contributed by atoms with Crippen LogP contribution in [0.1, 0.15) is 20.8 Å². The van der Waals surface area contributed by atoms with Crippen LogP contribution < -0.4 is 10.2 Å². The molecule has 90 valence electrons. The fourth-order valence-corrected chi connectivity index (χ4v) is 2.69. The summed E-state index contributed by atoms with van der Waals surface area (Å²) < 4.78 is 7.12. The number of hydrogen-bond acceptors (Lipinski definition) is 2. The van der Waals surface area contributed by atoms with Gasteiger partial charge in [0.2, 0.25) is 0 Å². The van der Waals surface area contributed by atoms with Crippen molar-refractivity contribution in [2.45, 2.75) is 38.9 Å². The van der Waals surface area contributed by atoms with Crippen molar-refractivity contribution in [3.8, 4) is 5.75 Å². The summed E-state index contributed by atoms with van der Waals surface area (Å²) in [4.78, 5) is 0. The molecule has 0 atom stereocenters.